The molecular formula is C15H9BrFN3O5. The molecule has 0 saturated carbocycles. The number of hydrogen-bond acceptors (Lipinski definition) is 5. The summed E-state index contributed by atoms with van der Waals surface area (Å²) < 4.78 is 14.3. The fourth-order valence-corrected chi connectivity index (χ4v) is 3.21. The Labute approximate surface area is 147 Å². The zero-order valence-electron chi connectivity index (χ0n) is 12.5. The molecule has 8 nitrogen and oxygen atoms in total. The summed E-state index contributed by atoms with van der Waals surface area (Å²) >= 11 is 2.85. The number of halogens is 2. The lowest BCUT2D eigenvalue weighted by atomic mass is 10.1. The third-order valence-corrected chi connectivity index (χ3v) is 4.55. The van der Waals surface area contributed by atoms with Gasteiger partial charge in [0.2, 0.25) is 0 Å². The number of carbonyl (C=O) groups excluding carboxylic acids is 2. The van der Waals surface area contributed by atoms with Crippen molar-refractivity contribution in [2.75, 3.05) is 5.73 Å². The number of hydrogen-bond donors (Lipinski definition) is 3. The van der Waals surface area contributed by atoms with Crippen LogP contribution < -0.4 is 16.6 Å². The van der Waals surface area contributed by atoms with Gasteiger partial charge in [0.05, 0.1) is 21.3 Å². The minimum absolute atomic E-state index is 0.108. The van der Waals surface area contributed by atoms with Crippen molar-refractivity contribution in [3.63, 3.8) is 0 Å². The van der Waals surface area contributed by atoms with Crippen LogP contribution in [0.1, 0.15) is 36.6 Å². The minimum Gasteiger partial charge on any atom is -0.478 e. The van der Waals surface area contributed by atoms with Crippen LogP contribution in [-0.4, -0.2) is 27.5 Å². The van der Waals surface area contributed by atoms with Gasteiger partial charge in [0.1, 0.15) is 17.2 Å². The van der Waals surface area contributed by atoms with E-state index in [4.69, 9.17) is 5.73 Å². The van der Waals surface area contributed by atoms with Crippen LogP contribution in [0.4, 0.5) is 10.2 Å². The van der Waals surface area contributed by atoms with E-state index >= 15 is 0 Å². The van der Waals surface area contributed by atoms with Gasteiger partial charge in [0.15, 0.2) is 0 Å². The Morgan fingerprint density at radius 1 is 1.28 bits per heavy atom. The largest absolute Gasteiger partial charge is 0.478 e. The number of amides is 2. The van der Waals surface area contributed by atoms with Crippen molar-refractivity contribution in [1.29, 1.82) is 0 Å². The number of carboxylic acids is 1. The van der Waals surface area contributed by atoms with Gasteiger partial charge in [-0.15, -0.1) is 0 Å². The number of imide groups is 1. The molecule has 1 aliphatic heterocycles. The maximum atomic E-state index is 13.9. The van der Waals surface area contributed by atoms with Gasteiger partial charge in [0.25, 0.3) is 17.4 Å². The number of nitrogens with zero attached hydrogens (tertiary/aromatic N) is 1. The number of carboxylic acid groups (broad SMARTS) is 1. The first kappa shape index (κ1) is 16.8. The second-order valence-electron chi connectivity index (χ2n) is 5.29. The maximum Gasteiger partial charge on any atom is 0.339 e. The average molecular weight is 410 g/mol. The summed E-state index contributed by atoms with van der Waals surface area (Å²) in [7, 11) is 0. The van der Waals surface area contributed by atoms with Gasteiger partial charge in [-0.2, -0.15) is 0 Å². The molecule has 0 aliphatic carbocycles. The summed E-state index contributed by atoms with van der Waals surface area (Å²) in [6.07, 6.45) is 0. The first-order chi connectivity index (χ1) is 11.6. The van der Waals surface area contributed by atoms with E-state index in [0.29, 0.717) is 0 Å². The lowest BCUT2D eigenvalue weighted by Crippen LogP contribution is -2.26. The van der Waals surface area contributed by atoms with Crippen molar-refractivity contribution in [3.05, 3.63) is 55.0 Å². The van der Waals surface area contributed by atoms with E-state index in [-0.39, 0.29) is 26.9 Å². The quantitative estimate of drug-likeness (QED) is 0.638. The molecule has 0 bridgehead atoms. The van der Waals surface area contributed by atoms with Gasteiger partial charge >= 0.3 is 5.97 Å². The molecule has 0 fully saturated rings. The highest BCUT2D eigenvalue weighted by Gasteiger charge is 2.33. The second kappa shape index (κ2) is 5.52. The normalized spacial score (nSPS) is 12.9. The number of nitrogens with one attached hydrogen (secondary N) is 1. The molecule has 2 heterocycles. The van der Waals surface area contributed by atoms with Crippen LogP contribution in [0, 0.1) is 12.7 Å². The highest BCUT2D eigenvalue weighted by Crippen LogP contribution is 2.32. The van der Waals surface area contributed by atoms with Crippen LogP contribution in [-0.2, 0) is 0 Å². The summed E-state index contributed by atoms with van der Waals surface area (Å²) in [6, 6.07) is 1.91. The Morgan fingerprint density at radius 3 is 2.52 bits per heavy atom. The molecule has 0 saturated heterocycles. The molecule has 0 spiro atoms. The summed E-state index contributed by atoms with van der Waals surface area (Å²) in [5, 5.41) is 11.4. The summed E-state index contributed by atoms with van der Waals surface area (Å²) in [4.78, 5) is 47.7. The molecule has 10 heteroatoms. The van der Waals surface area contributed by atoms with E-state index < -0.39 is 40.5 Å². The lowest BCUT2D eigenvalue weighted by molar-refractivity contribution is 0.0694. The van der Waals surface area contributed by atoms with Gasteiger partial charge in [-0.3, -0.25) is 24.3 Å². The minimum atomic E-state index is -1.50. The van der Waals surface area contributed by atoms with Crippen molar-refractivity contribution in [2.24, 2.45) is 0 Å². The van der Waals surface area contributed by atoms with Crippen molar-refractivity contribution in [2.45, 2.75) is 6.92 Å². The molecule has 25 heavy (non-hydrogen) atoms. The van der Waals surface area contributed by atoms with Crippen LogP contribution in [0.5, 0.6) is 0 Å². The van der Waals surface area contributed by atoms with E-state index in [9.17, 15) is 28.7 Å². The van der Waals surface area contributed by atoms with E-state index in [0.717, 1.165) is 16.7 Å². The van der Waals surface area contributed by atoms with Gasteiger partial charge < -0.3 is 10.8 Å². The van der Waals surface area contributed by atoms with Crippen molar-refractivity contribution in [3.8, 4) is 5.69 Å². The molecule has 1 aromatic heterocycles. The molecule has 128 valence electrons. The molecule has 2 aromatic rings. The fourth-order valence-electron chi connectivity index (χ4n) is 2.74. The molecule has 1 aromatic carbocycles. The average Bonchev–Trinajstić information content (AvgIpc) is 2.78. The van der Waals surface area contributed by atoms with Crippen LogP contribution in [0.3, 0.4) is 0 Å². The number of nitrogens with two attached hydrogens (primary N) is 1. The molecule has 0 unspecified atom stereocenters. The number of fused-ring (bicyclic) bond motifs is 1. The van der Waals surface area contributed by atoms with E-state index in [1.807, 2.05) is 5.32 Å². The maximum absolute atomic E-state index is 13.9. The van der Waals surface area contributed by atoms with Crippen LogP contribution in [0.15, 0.2) is 21.4 Å². The number of aromatic carboxylic acids is 1. The number of nitrogen functional groups attached to an aromatic ring is 1. The number of pyridine rings is 1. The summed E-state index contributed by atoms with van der Waals surface area (Å²) in [6.45, 7) is 1.39. The topological polar surface area (TPSA) is 131 Å². The van der Waals surface area contributed by atoms with Crippen molar-refractivity contribution in [1.82, 2.24) is 9.88 Å². The fraction of sp³-hybridized carbons (Fsp3) is 0.0667. The Hall–Kier alpha value is -3.01. The Balaban J connectivity index is 2.49. The number of carbonyl (C=O) groups is 3. The third kappa shape index (κ3) is 2.33. The number of anilines is 1. The van der Waals surface area contributed by atoms with Gasteiger partial charge in [0, 0.05) is 6.07 Å². The lowest BCUT2D eigenvalue weighted by Gasteiger charge is -2.17. The molecule has 1 aliphatic rings. The van der Waals surface area contributed by atoms with E-state index in [1.54, 1.807) is 0 Å². The number of benzene rings is 1. The van der Waals surface area contributed by atoms with Gasteiger partial charge in [-0.1, -0.05) is 0 Å². The van der Waals surface area contributed by atoms with E-state index in [1.165, 1.54) is 6.92 Å². The molecule has 2 amide bonds. The Morgan fingerprint density at radius 2 is 1.92 bits per heavy atom. The highest BCUT2D eigenvalue weighted by molar-refractivity contribution is 9.10. The number of rotatable bonds is 2. The SMILES string of the molecule is Cc1cc(F)c(Br)c(C(=O)O)c1-n1c(N)c2c(cc1=O)C(=O)NC2=O. The smallest absolute Gasteiger partial charge is 0.339 e. The third-order valence-electron chi connectivity index (χ3n) is 3.77. The first-order valence-corrected chi connectivity index (χ1v) is 7.58. The summed E-state index contributed by atoms with van der Waals surface area (Å²) in [5.74, 6) is -4.32. The number of aromatic nitrogens is 1. The molecular weight excluding hydrogens is 401 g/mol. The van der Waals surface area contributed by atoms with Gasteiger partial charge in [-0.25, -0.2) is 9.18 Å². The second-order valence-corrected chi connectivity index (χ2v) is 6.09. The molecule has 0 atom stereocenters. The van der Waals surface area contributed by atoms with E-state index in [2.05, 4.69) is 15.9 Å². The first-order valence-electron chi connectivity index (χ1n) is 6.78. The Kier molecular flexibility index (Phi) is 3.72. The van der Waals surface area contributed by atoms with Gasteiger partial charge in [-0.05, 0) is 34.5 Å². The predicted octanol–water partition coefficient (Wildman–Crippen LogP) is 1.21. The van der Waals surface area contributed by atoms with Crippen molar-refractivity contribution < 1.29 is 23.9 Å². The molecule has 0 radical (unpaired) electrons. The molecule has 4 N–H and O–H groups in total. The number of aryl methyl sites for hydroxylation is 1. The van der Waals surface area contributed by atoms with Crippen LogP contribution >= 0.6 is 15.9 Å². The van der Waals surface area contributed by atoms with Crippen molar-refractivity contribution >= 4 is 39.5 Å². The summed E-state index contributed by atoms with van der Waals surface area (Å²) in [5.41, 5.74) is 4.02. The van der Waals surface area contributed by atoms with Crippen LogP contribution in [0.25, 0.3) is 5.69 Å². The Bertz CT molecular complexity index is 1060. The monoisotopic (exact) mass is 409 g/mol. The predicted molar refractivity (Wildman–Crippen MR) is 87.6 cm³/mol. The molecule has 3 rings (SSSR count). The highest BCUT2D eigenvalue weighted by atomic mass is 79.9. The zero-order valence-corrected chi connectivity index (χ0v) is 14.1. The van der Waals surface area contributed by atoms with Crippen LogP contribution in [0.2, 0.25) is 0 Å². The zero-order chi connectivity index (χ0) is 18.6. The standard InChI is InChI=1S/C15H9BrFN3O5/c1-4-2-6(17)10(16)9(15(24)25)11(4)20-7(21)3-5-8(12(20)18)14(23)19-13(5)22/h2-3H,18H2,1H3,(H,24,25)(H,19,22,23).